The first kappa shape index (κ1) is 18.7. The highest BCUT2D eigenvalue weighted by Crippen LogP contribution is 2.32. The third-order valence-electron chi connectivity index (χ3n) is 3.92. The standard InChI is InChI=1S/C16H18F4N2OS/c1-7(15-8(2)24-9(3)21-15)22(4)6-10-11(17)13(19)16(23-5)14(20)12(10)18/h7H,6H2,1-5H3. The molecule has 0 spiro atoms. The topological polar surface area (TPSA) is 25.4 Å². The number of halogens is 4. The Hall–Kier alpha value is -1.67. The molecule has 0 fully saturated rings. The molecule has 2 aromatic rings. The third kappa shape index (κ3) is 3.25. The van der Waals surface area contributed by atoms with Gasteiger partial charge in [0, 0.05) is 17.0 Å². The van der Waals surface area contributed by atoms with Gasteiger partial charge in [-0.05, 0) is 27.8 Å². The van der Waals surface area contributed by atoms with Crippen LogP contribution in [0.5, 0.6) is 5.75 Å². The lowest BCUT2D eigenvalue weighted by atomic mass is 10.1. The molecule has 2 rings (SSSR count). The smallest absolute Gasteiger partial charge is 0.204 e. The second-order valence-electron chi connectivity index (χ2n) is 5.53. The molecule has 0 aliphatic heterocycles. The minimum absolute atomic E-state index is 0.276. The Labute approximate surface area is 141 Å². The first-order chi connectivity index (χ1) is 11.2. The van der Waals surface area contributed by atoms with E-state index in [1.165, 1.54) is 11.3 Å². The molecule has 0 N–H and O–H groups in total. The van der Waals surface area contributed by atoms with E-state index in [-0.39, 0.29) is 12.6 Å². The number of benzene rings is 1. The summed E-state index contributed by atoms with van der Waals surface area (Å²) in [5, 5.41) is 0.877. The van der Waals surface area contributed by atoms with Gasteiger partial charge in [-0.3, -0.25) is 4.90 Å². The van der Waals surface area contributed by atoms with Gasteiger partial charge in [0.25, 0.3) is 0 Å². The van der Waals surface area contributed by atoms with Gasteiger partial charge in [0.15, 0.2) is 17.4 Å². The fraction of sp³-hybridized carbons (Fsp3) is 0.438. The van der Waals surface area contributed by atoms with Crippen LogP contribution in [0.4, 0.5) is 17.6 Å². The zero-order valence-corrected chi connectivity index (χ0v) is 14.8. The van der Waals surface area contributed by atoms with Crippen molar-refractivity contribution >= 4 is 11.3 Å². The predicted molar refractivity (Wildman–Crippen MR) is 84.3 cm³/mol. The van der Waals surface area contributed by atoms with Crippen LogP contribution in [0.25, 0.3) is 0 Å². The lowest BCUT2D eigenvalue weighted by Gasteiger charge is -2.25. The number of rotatable bonds is 5. The number of hydrogen-bond acceptors (Lipinski definition) is 4. The summed E-state index contributed by atoms with van der Waals surface area (Å²) in [4.78, 5) is 6.97. The average Bonchev–Trinajstić information content (AvgIpc) is 2.87. The number of aromatic nitrogens is 1. The SMILES string of the molecule is COc1c(F)c(F)c(CN(C)C(C)c2nc(C)sc2C)c(F)c1F. The molecular formula is C16H18F4N2OS. The first-order valence-corrected chi connectivity index (χ1v) is 8.03. The summed E-state index contributed by atoms with van der Waals surface area (Å²) >= 11 is 1.51. The van der Waals surface area contributed by atoms with E-state index >= 15 is 0 Å². The van der Waals surface area contributed by atoms with Crippen molar-refractivity contribution in [2.45, 2.75) is 33.4 Å². The Balaban J connectivity index is 2.35. The fourth-order valence-corrected chi connectivity index (χ4v) is 3.41. The largest absolute Gasteiger partial charge is 0.491 e. The van der Waals surface area contributed by atoms with Gasteiger partial charge >= 0.3 is 0 Å². The van der Waals surface area contributed by atoms with Crippen molar-refractivity contribution in [1.29, 1.82) is 0 Å². The average molecular weight is 362 g/mol. The van der Waals surface area contributed by atoms with Crippen molar-refractivity contribution < 1.29 is 22.3 Å². The van der Waals surface area contributed by atoms with E-state index in [2.05, 4.69) is 9.72 Å². The molecule has 132 valence electrons. The molecule has 0 saturated heterocycles. The highest BCUT2D eigenvalue weighted by molar-refractivity contribution is 7.11. The maximum atomic E-state index is 14.1. The molecule has 0 bridgehead atoms. The molecule has 0 aliphatic carbocycles. The summed E-state index contributed by atoms with van der Waals surface area (Å²) in [5.41, 5.74) is 0.0972. The van der Waals surface area contributed by atoms with Gasteiger partial charge in [-0.15, -0.1) is 11.3 Å². The van der Waals surface area contributed by atoms with E-state index in [0.29, 0.717) is 0 Å². The zero-order chi connectivity index (χ0) is 18.2. The van der Waals surface area contributed by atoms with E-state index in [9.17, 15) is 17.6 Å². The quantitative estimate of drug-likeness (QED) is 0.578. The van der Waals surface area contributed by atoms with Gasteiger partial charge in [-0.1, -0.05) is 0 Å². The first-order valence-electron chi connectivity index (χ1n) is 7.21. The maximum absolute atomic E-state index is 14.1. The van der Waals surface area contributed by atoms with E-state index in [1.807, 2.05) is 20.8 Å². The van der Waals surface area contributed by atoms with Gasteiger partial charge in [-0.2, -0.15) is 8.78 Å². The normalized spacial score (nSPS) is 12.8. The summed E-state index contributed by atoms with van der Waals surface area (Å²) in [6.07, 6.45) is 0. The minimum Gasteiger partial charge on any atom is -0.491 e. The molecule has 0 aliphatic rings. The molecule has 1 heterocycles. The Bertz CT molecular complexity index is 734. The van der Waals surface area contributed by atoms with Gasteiger partial charge in [0.1, 0.15) is 0 Å². The van der Waals surface area contributed by atoms with E-state index in [0.717, 1.165) is 22.7 Å². The minimum atomic E-state index is -1.53. The molecule has 0 saturated carbocycles. The maximum Gasteiger partial charge on any atom is 0.204 e. The van der Waals surface area contributed by atoms with Crippen molar-refractivity contribution in [2.75, 3.05) is 14.2 Å². The van der Waals surface area contributed by atoms with Gasteiger partial charge in [-0.25, -0.2) is 13.8 Å². The van der Waals surface area contributed by atoms with Crippen molar-refractivity contribution in [2.24, 2.45) is 0 Å². The zero-order valence-electron chi connectivity index (χ0n) is 14.0. The Kier molecular flexibility index (Phi) is 5.49. The van der Waals surface area contributed by atoms with Crippen LogP contribution in [0, 0.1) is 37.1 Å². The summed E-state index contributed by atoms with van der Waals surface area (Å²) in [6, 6.07) is -0.276. The van der Waals surface area contributed by atoms with E-state index in [4.69, 9.17) is 0 Å². The monoisotopic (exact) mass is 362 g/mol. The molecular weight excluding hydrogens is 344 g/mol. The lowest BCUT2D eigenvalue weighted by Crippen LogP contribution is -2.24. The van der Waals surface area contributed by atoms with Gasteiger partial charge < -0.3 is 4.74 Å². The van der Waals surface area contributed by atoms with Crippen molar-refractivity contribution in [3.8, 4) is 5.75 Å². The van der Waals surface area contributed by atoms with Crippen molar-refractivity contribution in [3.63, 3.8) is 0 Å². The number of nitrogens with zero attached hydrogens (tertiary/aromatic N) is 2. The Morgan fingerprint density at radius 3 is 2.04 bits per heavy atom. The second-order valence-corrected chi connectivity index (χ2v) is 6.94. The Morgan fingerprint density at radius 2 is 1.62 bits per heavy atom. The van der Waals surface area contributed by atoms with Crippen molar-refractivity contribution in [1.82, 2.24) is 9.88 Å². The second kappa shape index (κ2) is 7.06. The molecule has 24 heavy (non-hydrogen) atoms. The summed E-state index contributed by atoms with van der Waals surface area (Å²) in [5.74, 6) is -7.02. The summed E-state index contributed by atoms with van der Waals surface area (Å²) in [7, 11) is 2.55. The highest BCUT2D eigenvalue weighted by Gasteiger charge is 2.28. The molecule has 8 heteroatoms. The fourth-order valence-electron chi connectivity index (χ4n) is 2.50. The third-order valence-corrected chi connectivity index (χ3v) is 4.82. The van der Waals surface area contributed by atoms with Gasteiger partial charge in [0.05, 0.1) is 23.9 Å². The lowest BCUT2D eigenvalue weighted by molar-refractivity contribution is 0.236. The van der Waals surface area contributed by atoms with Crippen LogP contribution in [-0.2, 0) is 6.54 Å². The summed E-state index contributed by atoms with van der Waals surface area (Å²) in [6.45, 7) is 5.26. The van der Waals surface area contributed by atoms with Crippen LogP contribution in [0.15, 0.2) is 0 Å². The van der Waals surface area contributed by atoms with Crippen LogP contribution in [0.2, 0.25) is 0 Å². The molecule has 0 amide bonds. The molecule has 1 aromatic heterocycles. The van der Waals surface area contributed by atoms with Crippen molar-refractivity contribution in [3.05, 3.63) is 44.4 Å². The van der Waals surface area contributed by atoms with Crippen LogP contribution in [0.3, 0.4) is 0 Å². The predicted octanol–water partition coefficient (Wildman–Crippen LogP) is 4.52. The number of ether oxygens (including phenoxy) is 1. The van der Waals surface area contributed by atoms with Crippen LogP contribution >= 0.6 is 11.3 Å². The Morgan fingerprint density at radius 1 is 1.08 bits per heavy atom. The molecule has 1 unspecified atom stereocenters. The number of aryl methyl sites for hydroxylation is 2. The molecule has 1 atom stereocenters. The molecule has 3 nitrogen and oxygen atoms in total. The van der Waals surface area contributed by atoms with Gasteiger partial charge in [0.2, 0.25) is 11.6 Å². The highest BCUT2D eigenvalue weighted by atomic mass is 32.1. The van der Waals surface area contributed by atoms with E-state index < -0.39 is 34.6 Å². The molecule has 1 aromatic carbocycles. The van der Waals surface area contributed by atoms with Crippen LogP contribution < -0.4 is 4.74 Å². The number of methoxy groups -OCH3 is 1. The van der Waals surface area contributed by atoms with E-state index in [1.54, 1.807) is 11.9 Å². The number of thiazole rings is 1. The number of hydrogen-bond donors (Lipinski definition) is 0. The summed E-state index contributed by atoms with van der Waals surface area (Å²) < 4.78 is 60.2. The van der Waals surface area contributed by atoms with Crippen LogP contribution in [-0.4, -0.2) is 24.0 Å². The van der Waals surface area contributed by atoms with Crippen LogP contribution in [0.1, 0.15) is 34.1 Å². The molecule has 0 radical (unpaired) electrons.